The molecule has 0 N–H and O–H groups in total. The molecule has 0 spiro atoms. The van der Waals surface area contributed by atoms with Gasteiger partial charge in [-0.1, -0.05) is 0 Å². The summed E-state index contributed by atoms with van der Waals surface area (Å²) in [6.45, 7) is 0. The van der Waals surface area contributed by atoms with Crippen LogP contribution < -0.4 is 0 Å². The largest absolute Gasteiger partial charge is 0.449 e. The average molecular weight is 218 g/mol. The molecule has 0 saturated carbocycles. The lowest BCUT2D eigenvalue weighted by Gasteiger charge is -2.22. The molecule has 0 rings (SSSR count). The Labute approximate surface area is 66.2 Å². The molecule has 0 aliphatic carbocycles. The lowest BCUT2D eigenvalue weighted by molar-refractivity contribution is -0.432. The minimum absolute atomic E-state index is 1.46. The quantitative estimate of drug-likeness (QED) is 0.661. The van der Waals surface area contributed by atoms with Crippen molar-refractivity contribution >= 4 is 0 Å². The molecule has 0 unspecified atom stereocenters. The van der Waals surface area contributed by atoms with E-state index in [1.807, 2.05) is 0 Å². The minimum atomic E-state index is -5.78. The third-order valence-corrected chi connectivity index (χ3v) is 0.945. The molecule has 0 heterocycles. The lowest BCUT2D eigenvalue weighted by atomic mass is 10.2. The fourth-order valence-corrected chi connectivity index (χ4v) is 0.411. The molecule has 9 heteroatoms. The van der Waals surface area contributed by atoms with Gasteiger partial charge in [0.05, 0.1) is 0 Å². The van der Waals surface area contributed by atoms with Crippen LogP contribution >= 0.6 is 0 Å². The fraction of sp³-hybridized carbons (Fsp3) is 1.00. The number of hydrogen-bond acceptors (Lipinski definition) is 1. The van der Waals surface area contributed by atoms with E-state index in [1.165, 1.54) is 4.94 Å². The number of hydrogen-bond donors (Lipinski definition) is 0. The topological polar surface area (TPSA) is 9.23 Å². The van der Waals surface area contributed by atoms with Crippen molar-refractivity contribution in [2.45, 2.75) is 24.6 Å². The van der Waals surface area contributed by atoms with Crippen molar-refractivity contribution in [2.24, 2.45) is 0 Å². The van der Waals surface area contributed by atoms with Gasteiger partial charge >= 0.3 is 18.2 Å². The lowest BCUT2D eigenvalue weighted by Crippen LogP contribution is -2.44. The van der Waals surface area contributed by atoms with Crippen molar-refractivity contribution in [3.8, 4) is 0 Å². The van der Waals surface area contributed by atoms with Crippen LogP contribution in [0.2, 0.25) is 0 Å². The predicted molar refractivity (Wildman–Crippen MR) is 22.8 cm³/mol. The third kappa shape index (κ3) is 3.33. The van der Waals surface area contributed by atoms with Crippen LogP contribution in [0.15, 0.2) is 0 Å². The molecule has 0 amide bonds. The van der Waals surface area contributed by atoms with Gasteiger partial charge in [0.25, 0.3) is 0 Å². The van der Waals surface area contributed by atoms with E-state index in [0.717, 1.165) is 0 Å². The van der Waals surface area contributed by atoms with Gasteiger partial charge in [-0.25, -0.2) is 0 Å². The average Bonchev–Trinajstić information content (AvgIpc) is 1.81. The van der Waals surface area contributed by atoms with Crippen LogP contribution in [0.3, 0.4) is 0 Å². The number of halogens is 8. The summed E-state index contributed by atoms with van der Waals surface area (Å²) in [5.41, 5.74) is 0. The Morgan fingerprint density at radius 3 is 1.46 bits per heavy atom. The van der Waals surface area contributed by atoms with Crippen LogP contribution in [0, 0.1) is 0 Å². The van der Waals surface area contributed by atoms with Crippen molar-refractivity contribution in [3.63, 3.8) is 0 Å². The maximum absolute atomic E-state index is 11.9. The molecule has 0 aromatic carbocycles. The highest BCUT2D eigenvalue weighted by Gasteiger charge is 2.63. The molecule has 0 aromatic rings. The Hall–Kier alpha value is -0.600. The van der Waals surface area contributed by atoms with E-state index in [2.05, 4.69) is 0 Å². The van der Waals surface area contributed by atoms with Gasteiger partial charge < -0.3 is 0 Å². The standard InChI is InChI=1S/C4H2F8O/c5-2(6,1-3(7,8)9)4(10,11)13-12/h1H2. The molecule has 0 aliphatic heterocycles. The monoisotopic (exact) mass is 218 g/mol. The summed E-state index contributed by atoms with van der Waals surface area (Å²) >= 11 is 0. The molecule has 0 fully saturated rings. The second-order valence-corrected chi connectivity index (χ2v) is 2.09. The summed E-state index contributed by atoms with van der Waals surface area (Å²) in [5.74, 6) is -5.62. The van der Waals surface area contributed by atoms with Crippen LogP contribution in [0.4, 0.5) is 35.3 Å². The summed E-state index contributed by atoms with van der Waals surface area (Å²) in [7, 11) is 0. The second kappa shape index (κ2) is 3.28. The third-order valence-electron chi connectivity index (χ3n) is 0.945. The van der Waals surface area contributed by atoms with Crippen molar-refractivity contribution in [2.75, 3.05) is 0 Å². The normalized spacial score (nSPS) is 14.8. The first kappa shape index (κ1) is 12.4. The maximum atomic E-state index is 11.9. The van der Waals surface area contributed by atoms with Crippen molar-refractivity contribution in [1.82, 2.24) is 0 Å². The smallest absolute Gasteiger partial charge is 0.196 e. The number of alkyl halides is 7. The molecule has 0 radical (unpaired) electrons. The van der Waals surface area contributed by atoms with E-state index >= 15 is 0 Å². The highest BCUT2D eigenvalue weighted by atomic mass is 19.4. The zero-order valence-electron chi connectivity index (χ0n) is 5.64. The van der Waals surface area contributed by atoms with Crippen LogP contribution in [0.1, 0.15) is 6.42 Å². The van der Waals surface area contributed by atoms with Crippen molar-refractivity contribution in [3.05, 3.63) is 0 Å². The fourth-order valence-electron chi connectivity index (χ4n) is 0.411. The van der Waals surface area contributed by atoms with Gasteiger partial charge in [0.1, 0.15) is 6.42 Å². The Morgan fingerprint density at radius 2 is 1.23 bits per heavy atom. The van der Waals surface area contributed by atoms with Crippen LogP contribution in [0.25, 0.3) is 0 Å². The van der Waals surface area contributed by atoms with Crippen LogP contribution in [-0.4, -0.2) is 18.2 Å². The molecule has 80 valence electrons. The molecule has 0 atom stereocenters. The first-order chi connectivity index (χ1) is 5.52. The highest BCUT2D eigenvalue weighted by molar-refractivity contribution is 4.79. The summed E-state index contributed by atoms with van der Waals surface area (Å²) in [6.07, 6.45) is -14.5. The van der Waals surface area contributed by atoms with Crippen LogP contribution in [-0.2, 0) is 4.94 Å². The predicted octanol–water partition coefficient (Wildman–Crippen LogP) is 3.07. The Bertz CT molecular complexity index is 171. The van der Waals surface area contributed by atoms with E-state index in [9.17, 15) is 35.3 Å². The van der Waals surface area contributed by atoms with Crippen LogP contribution in [0.5, 0.6) is 0 Å². The van der Waals surface area contributed by atoms with Gasteiger partial charge in [0, 0.05) is 0 Å². The zero-order valence-corrected chi connectivity index (χ0v) is 5.64. The summed E-state index contributed by atoms with van der Waals surface area (Å²) in [4.78, 5) is 1.46. The van der Waals surface area contributed by atoms with Gasteiger partial charge in [0.15, 0.2) is 0 Å². The van der Waals surface area contributed by atoms with Gasteiger partial charge in [-0.15, -0.1) is 4.94 Å². The van der Waals surface area contributed by atoms with E-state index in [4.69, 9.17) is 0 Å². The molecule has 0 saturated heterocycles. The first-order valence-corrected chi connectivity index (χ1v) is 2.64. The van der Waals surface area contributed by atoms with Crippen molar-refractivity contribution in [1.29, 1.82) is 0 Å². The van der Waals surface area contributed by atoms with Crippen molar-refractivity contribution < 1.29 is 40.2 Å². The SMILES string of the molecule is FOC(F)(F)C(F)(F)CC(F)(F)F. The summed E-state index contributed by atoms with van der Waals surface area (Å²) in [6, 6.07) is 0. The van der Waals surface area contributed by atoms with Gasteiger partial charge in [-0.05, 0) is 4.53 Å². The molecule has 0 aromatic heterocycles. The summed E-state index contributed by atoms with van der Waals surface area (Å²) in [5, 5.41) is 0. The van der Waals surface area contributed by atoms with E-state index in [0.29, 0.717) is 0 Å². The van der Waals surface area contributed by atoms with Gasteiger partial charge in [-0.3, -0.25) is 0 Å². The second-order valence-electron chi connectivity index (χ2n) is 2.09. The number of rotatable bonds is 3. The Kier molecular flexibility index (Phi) is 3.12. The molecule has 1 nitrogen and oxygen atoms in total. The highest BCUT2D eigenvalue weighted by Crippen LogP contribution is 2.42. The van der Waals surface area contributed by atoms with Gasteiger partial charge in [-0.2, -0.15) is 30.7 Å². The van der Waals surface area contributed by atoms with E-state index < -0.39 is 24.6 Å². The maximum Gasteiger partial charge on any atom is 0.449 e. The van der Waals surface area contributed by atoms with Gasteiger partial charge in [0.2, 0.25) is 0 Å². The molecular weight excluding hydrogens is 216 g/mol. The van der Waals surface area contributed by atoms with E-state index in [1.54, 1.807) is 0 Å². The van der Waals surface area contributed by atoms with E-state index in [-0.39, 0.29) is 0 Å². The molecule has 0 aliphatic rings. The Balaban J connectivity index is 4.58. The molecule has 0 bridgehead atoms. The molecular formula is C4H2F8O. The zero-order chi connectivity index (χ0) is 10.9. The molecule has 13 heavy (non-hydrogen) atoms. The first-order valence-electron chi connectivity index (χ1n) is 2.64. The minimum Gasteiger partial charge on any atom is -0.196 e. The Morgan fingerprint density at radius 1 is 0.846 bits per heavy atom. The summed E-state index contributed by atoms with van der Waals surface area (Å²) < 4.78 is 91.4.